The van der Waals surface area contributed by atoms with Gasteiger partial charge in [0.2, 0.25) is 0 Å². The molecule has 3 rings (SSSR count). The van der Waals surface area contributed by atoms with E-state index in [9.17, 15) is 4.79 Å². The smallest absolute Gasteiger partial charge is 0.259 e. The van der Waals surface area contributed by atoms with E-state index in [1.54, 1.807) is 10.5 Å². The Morgan fingerprint density at radius 3 is 3.20 bits per heavy atom. The largest absolute Gasteiger partial charge is 0.376 e. The summed E-state index contributed by atoms with van der Waals surface area (Å²) in [5.41, 5.74) is 1.82. The fourth-order valence-electron chi connectivity index (χ4n) is 2.58. The van der Waals surface area contributed by atoms with Gasteiger partial charge in [-0.3, -0.25) is 14.1 Å². The molecule has 1 atom stereocenters. The van der Waals surface area contributed by atoms with Crippen LogP contribution in [0.2, 0.25) is 0 Å². The number of fused-ring (bicyclic) bond motifs is 1. The monoisotopic (exact) mass is 293 g/mol. The maximum Gasteiger partial charge on any atom is 0.259 e. The lowest BCUT2D eigenvalue weighted by atomic mass is 10.2. The first-order valence-electron chi connectivity index (χ1n) is 6.98. The van der Waals surface area contributed by atoms with Crippen LogP contribution in [0.4, 0.5) is 0 Å². The Morgan fingerprint density at radius 2 is 2.40 bits per heavy atom. The lowest BCUT2D eigenvalue weighted by molar-refractivity contribution is -0.0328. The molecule has 20 heavy (non-hydrogen) atoms. The van der Waals surface area contributed by atoms with Crippen molar-refractivity contribution in [2.24, 2.45) is 0 Å². The first-order valence-corrected chi connectivity index (χ1v) is 7.86. The van der Waals surface area contributed by atoms with E-state index in [0.29, 0.717) is 6.10 Å². The molecule has 0 aliphatic carbocycles. The second kappa shape index (κ2) is 5.63. The van der Waals surface area contributed by atoms with Crippen molar-refractivity contribution in [1.82, 2.24) is 14.3 Å². The highest BCUT2D eigenvalue weighted by atomic mass is 32.1. The Balaban J connectivity index is 1.82. The summed E-state index contributed by atoms with van der Waals surface area (Å²) >= 11 is 1.52. The molecular formula is C14H19N3O2S. The number of nitrogens with zero attached hydrogens (tertiary/aromatic N) is 3. The van der Waals surface area contributed by atoms with Crippen LogP contribution in [0.15, 0.2) is 16.2 Å². The molecule has 1 aliphatic rings. The molecule has 1 aliphatic heterocycles. The van der Waals surface area contributed by atoms with Crippen LogP contribution in [0.3, 0.4) is 0 Å². The number of aryl methyl sites for hydroxylation is 1. The number of morpholine rings is 1. The Morgan fingerprint density at radius 1 is 1.55 bits per heavy atom. The molecular weight excluding hydrogens is 274 g/mol. The summed E-state index contributed by atoms with van der Waals surface area (Å²) in [4.78, 5) is 19.8. The van der Waals surface area contributed by atoms with Crippen molar-refractivity contribution in [2.75, 3.05) is 19.7 Å². The zero-order chi connectivity index (χ0) is 14.1. The average molecular weight is 293 g/mol. The van der Waals surface area contributed by atoms with Crippen molar-refractivity contribution in [3.63, 3.8) is 0 Å². The van der Waals surface area contributed by atoms with E-state index >= 15 is 0 Å². The zero-order valence-electron chi connectivity index (χ0n) is 11.8. The second-order valence-electron chi connectivity index (χ2n) is 5.22. The molecule has 0 bridgehead atoms. The van der Waals surface area contributed by atoms with Crippen LogP contribution in [-0.2, 0) is 11.3 Å². The Kier molecular flexibility index (Phi) is 3.87. The summed E-state index contributed by atoms with van der Waals surface area (Å²) in [6.07, 6.45) is 1.33. The summed E-state index contributed by atoms with van der Waals surface area (Å²) in [6.45, 7) is 7.38. The fourth-order valence-corrected chi connectivity index (χ4v) is 3.47. The van der Waals surface area contributed by atoms with Gasteiger partial charge >= 0.3 is 0 Å². The van der Waals surface area contributed by atoms with E-state index in [0.717, 1.165) is 49.0 Å². The number of rotatable bonds is 3. The lowest BCUT2D eigenvalue weighted by Gasteiger charge is -2.32. The number of ether oxygens (including phenoxy) is 1. The zero-order valence-corrected chi connectivity index (χ0v) is 12.7. The van der Waals surface area contributed by atoms with E-state index < -0.39 is 0 Å². The fraction of sp³-hybridized carbons (Fsp3) is 0.571. The van der Waals surface area contributed by atoms with Gasteiger partial charge in [-0.15, -0.1) is 11.3 Å². The van der Waals surface area contributed by atoms with Gasteiger partial charge in [-0.05, 0) is 13.3 Å². The molecule has 2 aromatic heterocycles. The molecule has 0 N–H and O–H groups in total. The average Bonchev–Trinajstić information content (AvgIpc) is 2.81. The molecule has 108 valence electrons. The van der Waals surface area contributed by atoms with Crippen LogP contribution < -0.4 is 5.56 Å². The molecule has 0 aromatic carbocycles. The van der Waals surface area contributed by atoms with Gasteiger partial charge in [0.05, 0.1) is 18.4 Å². The lowest BCUT2D eigenvalue weighted by Crippen LogP contribution is -2.41. The standard InChI is InChI=1S/C14H19N3O2S/c1-3-12-8-16(4-5-19-12)7-11-6-13(18)17-10(2)9-20-14(17)15-11/h6,9,12H,3-5,7-8H2,1-2H3. The van der Waals surface area contributed by atoms with Gasteiger partial charge in [0.25, 0.3) is 5.56 Å². The Labute approximate surface area is 121 Å². The van der Waals surface area contributed by atoms with Crippen molar-refractivity contribution >= 4 is 16.3 Å². The third kappa shape index (κ3) is 2.63. The van der Waals surface area contributed by atoms with Crippen molar-refractivity contribution in [2.45, 2.75) is 32.9 Å². The molecule has 2 aromatic rings. The molecule has 0 spiro atoms. The van der Waals surface area contributed by atoms with Crippen LogP contribution >= 0.6 is 11.3 Å². The molecule has 5 nitrogen and oxygen atoms in total. The van der Waals surface area contributed by atoms with Crippen molar-refractivity contribution in [3.05, 3.63) is 33.2 Å². The number of aromatic nitrogens is 2. The quantitative estimate of drug-likeness (QED) is 0.864. The minimum absolute atomic E-state index is 0.0176. The molecule has 6 heteroatoms. The maximum atomic E-state index is 12.1. The highest BCUT2D eigenvalue weighted by molar-refractivity contribution is 7.15. The van der Waals surface area contributed by atoms with Gasteiger partial charge in [-0.1, -0.05) is 6.92 Å². The van der Waals surface area contributed by atoms with Crippen LogP contribution in [0.5, 0.6) is 0 Å². The van der Waals surface area contributed by atoms with Gasteiger partial charge in [0.15, 0.2) is 4.96 Å². The number of thiazole rings is 1. The third-order valence-corrected chi connectivity index (χ3v) is 4.64. The predicted octanol–water partition coefficient (Wildman–Crippen LogP) is 1.68. The van der Waals surface area contributed by atoms with E-state index in [2.05, 4.69) is 16.8 Å². The molecule has 0 saturated carbocycles. The van der Waals surface area contributed by atoms with Crippen molar-refractivity contribution < 1.29 is 4.74 Å². The highest BCUT2D eigenvalue weighted by Crippen LogP contribution is 2.14. The van der Waals surface area contributed by atoms with Crippen molar-refractivity contribution in [3.8, 4) is 0 Å². The predicted molar refractivity (Wildman–Crippen MR) is 79.4 cm³/mol. The molecule has 1 fully saturated rings. The van der Waals surface area contributed by atoms with Crippen LogP contribution in [0.1, 0.15) is 24.7 Å². The summed E-state index contributed by atoms with van der Waals surface area (Å²) in [5.74, 6) is 0. The molecule has 0 amide bonds. The molecule has 1 unspecified atom stereocenters. The summed E-state index contributed by atoms with van der Waals surface area (Å²) in [7, 11) is 0. The molecule has 0 radical (unpaired) electrons. The molecule has 1 saturated heterocycles. The molecule has 3 heterocycles. The number of hydrogen-bond donors (Lipinski definition) is 0. The Hall–Kier alpha value is -1.24. The summed E-state index contributed by atoms with van der Waals surface area (Å²) in [5, 5.41) is 1.97. The minimum Gasteiger partial charge on any atom is -0.376 e. The maximum absolute atomic E-state index is 12.1. The van der Waals surface area contributed by atoms with Gasteiger partial charge in [-0.25, -0.2) is 4.98 Å². The van der Waals surface area contributed by atoms with E-state index in [1.807, 2.05) is 12.3 Å². The normalized spacial score (nSPS) is 20.6. The van der Waals surface area contributed by atoms with Crippen LogP contribution in [0.25, 0.3) is 4.96 Å². The topological polar surface area (TPSA) is 46.8 Å². The highest BCUT2D eigenvalue weighted by Gasteiger charge is 2.19. The van der Waals surface area contributed by atoms with Gasteiger partial charge < -0.3 is 4.74 Å². The first-order chi connectivity index (χ1) is 9.67. The van der Waals surface area contributed by atoms with E-state index in [1.165, 1.54) is 11.3 Å². The van der Waals surface area contributed by atoms with Gasteiger partial charge in [-0.2, -0.15) is 0 Å². The minimum atomic E-state index is 0.0176. The van der Waals surface area contributed by atoms with Crippen LogP contribution in [-0.4, -0.2) is 40.1 Å². The van der Waals surface area contributed by atoms with E-state index in [4.69, 9.17) is 4.74 Å². The van der Waals surface area contributed by atoms with Crippen LogP contribution in [0, 0.1) is 6.92 Å². The van der Waals surface area contributed by atoms with Gasteiger partial charge in [0.1, 0.15) is 0 Å². The van der Waals surface area contributed by atoms with Crippen molar-refractivity contribution in [1.29, 1.82) is 0 Å². The summed E-state index contributed by atoms with van der Waals surface area (Å²) < 4.78 is 7.34. The van der Waals surface area contributed by atoms with E-state index in [-0.39, 0.29) is 5.56 Å². The van der Waals surface area contributed by atoms with Gasteiger partial charge in [0, 0.05) is 36.8 Å². The number of hydrogen-bond acceptors (Lipinski definition) is 5. The third-order valence-electron chi connectivity index (χ3n) is 3.69. The SMILES string of the molecule is CCC1CN(Cc2cc(=O)n3c(C)csc3n2)CCO1. The first kappa shape index (κ1) is 13.7. The Bertz CT molecular complexity index is 664. The summed E-state index contributed by atoms with van der Waals surface area (Å²) in [6, 6.07) is 1.66. The second-order valence-corrected chi connectivity index (χ2v) is 6.05.